The van der Waals surface area contributed by atoms with Gasteiger partial charge in [0.15, 0.2) is 0 Å². The van der Waals surface area contributed by atoms with Crippen molar-refractivity contribution in [1.82, 2.24) is 0.627 Å². The molecule has 0 spiro atoms. The van der Waals surface area contributed by atoms with Crippen LogP contribution in [-0.2, 0) is 24.2 Å². The van der Waals surface area contributed by atoms with Gasteiger partial charge in [-0.2, -0.15) is 0 Å². The van der Waals surface area contributed by atoms with Crippen LogP contribution in [0.5, 0.6) is 0 Å². The number of rotatable bonds is 14. The molecule has 0 amide bonds. The van der Waals surface area contributed by atoms with Gasteiger partial charge in [0.2, 0.25) is 0 Å². The van der Waals surface area contributed by atoms with Gasteiger partial charge in [0, 0.05) is 0 Å². The molecule has 4 rings (SSSR count). The summed E-state index contributed by atoms with van der Waals surface area (Å²) in [7, 11) is -7.13. The molecule has 0 heterocycles. The summed E-state index contributed by atoms with van der Waals surface area (Å²) in [5.74, 6) is 0. The summed E-state index contributed by atoms with van der Waals surface area (Å²) in [6.45, 7) is 21.6. The number of benzene rings is 4. The van der Waals surface area contributed by atoms with Crippen LogP contribution in [-0.4, -0.2) is 33.6 Å². The van der Waals surface area contributed by atoms with E-state index in [9.17, 15) is 0 Å². The van der Waals surface area contributed by atoms with E-state index in [1.54, 1.807) is 0 Å². The van der Waals surface area contributed by atoms with E-state index in [4.69, 9.17) is 0 Å². The minimum atomic E-state index is -1.78. The summed E-state index contributed by atoms with van der Waals surface area (Å²) >= 11 is -1.46. The Hall–Kier alpha value is -0.502. The van der Waals surface area contributed by atoms with Crippen LogP contribution in [0.15, 0.2) is 121 Å². The Morgan fingerprint density at radius 3 is 0.727 bits per heavy atom. The molecule has 2 nitrogen and oxygen atoms in total. The molecular weight excluding hydrogens is 797 g/mol. The molecule has 0 saturated heterocycles. The fourth-order valence-corrected chi connectivity index (χ4v) is 47.7. The zero-order chi connectivity index (χ0) is 31.1. The Morgan fingerprint density at radius 2 is 0.545 bits per heavy atom. The maximum atomic E-state index is 3.35. The number of hydrogen-bond donors (Lipinski definition) is 0. The van der Waals surface area contributed by atoms with Crippen molar-refractivity contribution < 1.29 is 37.5 Å². The van der Waals surface area contributed by atoms with Crippen LogP contribution >= 0.6 is 17.0 Å². The van der Waals surface area contributed by atoms with Gasteiger partial charge in [-0.05, 0) is 0 Å². The Labute approximate surface area is 304 Å². The van der Waals surface area contributed by atoms with Gasteiger partial charge >= 0.3 is 291 Å². The average Bonchev–Trinajstić information content (AvgIpc) is 2.94. The molecular formula is C36H53BrN2NdSi4. The van der Waals surface area contributed by atoms with Crippen molar-refractivity contribution in [3.05, 3.63) is 144 Å². The summed E-state index contributed by atoms with van der Waals surface area (Å²) in [5, 5.41) is 0. The van der Waals surface area contributed by atoms with Gasteiger partial charge in [0.05, 0.1) is 0 Å². The van der Waals surface area contributed by atoms with Crippen LogP contribution in [0.3, 0.4) is 0 Å². The normalized spacial score (nSPS) is 12.7. The zero-order valence-electron chi connectivity index (χ0n) is 28.2. The van der Waals surface area contributed by atoms with Crippen molar-refractivity contribution in [3.8, 4) is 0 Å². The van der Waals surface area contributed by atoms with Gasteiger partial charge in [-0.25, -0.2) is 0 Å². The van der Waals surface area contributed by atoms with Crippen LogP contribution < -0.4 is 0 Å². The Bertz CT molecular complexity index is 1190. The van der Waals surface area contributed by atoms with E-state index in [2.05, 4.69) is 174 Å². The van der Waals surface area contributed by atoms with Gasteiger partial charge in [0.1, 0.15) is 0 Å². The molecule has 0 radical (unpaired) electrons. The van der Waals surface area contributed by atoms with Crippen molar-refractivity contribution >= 4 is 49.9 Å². The van der Waals surface area contributed by atoms with Gasteiger partial charge in [-0.3, -0.25) is 0 Å². The van der Waals surface area contributed by atoms with E-state index >= 15 is 0 Å². The zero-order valence-corrected chi connectivity index (χ0v) is 37.1. The SMILES string of the molecule is Br.C[Si](C)(Cc1ccccc1)[N]([Nd][N]([Si](C)(C)Cc1ccccc1)[Si](C)(C)Cc1ccccc1)[Si](C)(C)Cc1ccccc1. The molecule has 0 fully saturated rings. The minimum absolute atomic E-state index is 0. The third kappa shape index (κ3) is 10.8. The standard InChI is InChI=1S/2C18H26NSi2.BrH.Nd/c2*1-20(2,15-17-11-7-5-8-12-17)19-21(3,4)16-18-13-9-6-10-14-18;;/h2*5-14H,15-16H2,1-4H3;1H;/q2*-1;;+2. The van der Waals surface area contributed by atoms with Crippen LogP contribution in [0.1, 0.15) is 22.3 Å². The van der Waals surface area contributed by atoms with Crippen LogP contribution in [0.25, 0.3) is 0 Å². The van der Waals surface area contributed by atoms with E-state index < -0.39 is 70.4 Å². The predicted octanol–water partition coefficient (Wildman–Crippen LogP) is 10.0. The van der Waals surface area contributed by atoms with Crippen molar-refractivity contribution in [2.24, 2.45) is 0 Å². The van der Waals surface area contributed by atoms with E-state index in [0.29, 0.717) is 0 Å². The summed E-state index contributed by atoms with van der Waals surface area (Å²) in [6, 6.07) is 50.4. The third-order valence-electron chi connectivity index (χ3n) is 8.54. The second kappa shape index (κ2) is 16.6. The first-order chi connectivity index (χ1) is 20.3. The number of hydrogen-bond acceptors (Lipinski definition) is 2. The molecule has 0 aliphatic heterocycles. The molecule has 0 unspecified atom stereocenters. The molecule has 0 saturated carbocycles. The quantitative estimate of drug-likeness (QED) is 0.117. The first kappa shape index (κ1) is 38.0. The number of halogens is 1. The van der Waals surface area contributed by atoms with Crippen LogP contribution in [0.4, 0.5) is 0 Å². The third-order valence-corrected chi connectivity index (χ3v) is 53.3. The molecule has 0 aliphatic rings. The van der Waals surface area contributed by atoms with E-state index in [-0.39, 0.29) is 17.0 Å². The molecule has 4 aromatic carbocycles. The van der Waals surface area contributed by atoms with E-state index in [0.717, 1.165) is 0 Å². The molecule has 4 aromatic rings. The van der Waals surface area contributed by atoms with Crippen molar-refractivity contribution in [2.75, 3.05) is 0 Å². The topological polar surface area (TPSA) is 6.48 Å². The van der Waals surface area contributed by atoms with Crippen molar-refractivity contribution in [3.63, 3.8) is 0 Å². The summed E-state index contributed by atoms with van der Waals surface area (Å²) in [6.07, 6.45) is 0. The molecule has 0 N–H and O–H groups in total. The first-order valence-electron chi connectivity index (χ1n) is 15.8. The van der Waals surface area contributed by atoms with E-state index in [1.165, 1.54) is 46.4 Å². The molecule has 0 atom stereocenters. The molecule has 0 aliphatic carbocycles. The molecule has 8 heteroatoms. The molecule has 0 aromatic heterocycles. The Kier molecular flexibility index (Phi) is 14.3. The van der Waals surface area contributed by atoms with Crippen LogP contribution in [0, 0.1) is 37.5 Å². The predicted molar refractivity (Wildman–Crippen MR) is 205 cm³/mol. The van der Waals surface area contributed by atoms with Gasteiger partial charge < -0.3 is 0 Å². The van der Waals surface area contributed by atoms with Crippen LogP contribution in [0.2, 0.25) is 52.4 Å². The molecule has 44 heavy (non-hydrogen) atoms. The number of nitrogens with zero attached hydrogens (tertiary/aromatic N) is 2. The van der Waals surface area contributed by atoms with E-state index in [1.807, 2.05) is 0 Å². The molecule has 234 valence electrons. The average molecular weight is 850 g/mol. The molecule has 0 bridgehead atoms. The van der Waals surface area contributed by atoms with Crippen molar-refractivity contribution in [2.45, 2.75) is 76.6 Å². The van der Waals surface area contributed by atoms with Gasteiger partial charge in [-0.1, -0.05) is 0 Å². The Morgan fingerprint density at radius 1 is 0.364 bits per heavy atom. The van der Waals surface area contributed by atoms with Gasteiger partial charge in [-0.15, -0.1) is 17.0 Å². The maximum absolute atomic E-state index is 3.35. The second-order valence-corrected chi connectivity index (χ2v) is 42.5. The monoisotopic (exact) mass is 846 g/mol. The summed E-state index contributed by atoms with van der Waals surface area (Å²) < 4.78 is 6.69. The van der Waals surface area contributed by atoms with Crippen molar-refractivity contribution in [1.29, 1.82) is 0 Å². The summed E-state index contributed by atoms with van der Waals surface area (Å²) in [5.41, 5.74) is 6.08. The summed E-state index contributed by atoms with van der Waals surface area (Å²) in [4.78, 5) is 0. The fourth-order valence-electron chi connectivity index (χ4n) is 6.98. The second-order valence-electron chi connectivity index (χ2n) is 14.7. The van der Waals surface area contributed by atoms with Gasteiger partial charge in [0.25, 0.3) is 0 Å². The Balaban J connectivity index is 0.00000529. The first-order valence-corrected chi connectivity index (χ1v) is 31.3. The fraction of sp³-hybridized carbons (Fsp3) is 0.333.